The topological polar surface area (TPSA) is 88.2 Å². The summed E-state index contributed by atoms with van der Waals surface area (Å²) in [6.07, 6.45) is 2.19. The second-order valence-corrected chi connectivity index (χ2v) is 7.82. The monoisotopic (exact) mass is 379 g/mol. The van der Waals surface area contributed by atoms with Crippen LogP contribution in [0.1, 0.15) is 19.5 Å². The summed E-state index contributed by atoms with van der Waals surface area (Å²) in [5.74, 6) is -1.64. The first-order chi connectivity index (χ1) is 12.3. The molecule has 0 radical (unpaired) electrons. The smallest absolute Gasteiger partial charge is 0.244 e. The van der Waals surface area contributed by atoms with Crippen molar-refractivity contribution in [2.24, 2.45) is 5.92 Å². The Morgan fingerprint density at radius 2 is 1.85 bits per heavy atom. The average molecular weight is 379 g/mol. The van der Waals surface area contributed by atoms with Gasteiger partial charge in [-0.2, -0.15) is 4.72 Å². The lowest BCUT2D eigenvalue weighted by Crippen LogP contribution is -2.50. The fraction of sp³-hybridized carbons (Fsp3) is 0.333. The summed E-state index contributed by atoms with van der Waals surface area (Å²) in [4.78, 5) is 16.1. The molecule has 0 aliphatic rings. The second kappa shape index (κ2) is 8.86. The minimum atomic E-state index is -4.16. The van der Waals surface area contributed by atoms with Crippen molar-refractivity contribution in [1.29, 1.82) is 0 Å². The van der Waals surface area contributed by atoms with Gasteiger partial charge in [0.2, 0.25) is 15.9 Å². The minimum absolute atomic E-state index is 0.314. The molecule has 1 amide bonds. The SMILES string of the molecule is CC(C)C(NS(=O)(=O)c1ccccc1F)C(=O)NCCc1ccccn1. The van der Waals surface area contributed by atoms with Gasteiger partial charge in [-0.3, -0.25) is 9.78 Å². The molecule has 8 heteroatoms. The molecule has 0 fully saturated rings. The third-order valence-electron chi connectivity index (χ3n) is 3.76. The van der Waals surface area contributed by atoms with E-state index in [9.17, 15) is 17.6 Å². The van der Waals surface area contributed by atoms with E-state index in [1.54, 1.807) is 26.1 Å². The number of benzene rings is 1. The molecule has 0 saturated carbocycles. The molecule has 1 heterocycles. The number of carbonyl (C=O) groups excluding carboxylic acids is 1. The van der Waals surface area contributed by atoms with Crippen molar-refractivity contribution in [1.82, 2.24) is 15.0 Å². The minimum Gasteiger partial charge on any atom is -0.354 e. The summed E-state index contributed by atoms with van der Waals surface area (Å²) >= 11 is 0. The molecule has 1 aromatic carbocycles. The molecule has 0 bridgehead atoms. The van der Waals surface area contributed by atoms with Gasteiger partial charge in [0.25, 0.3) is 0 Å². The van der Waals surface area contributed by atoms with Crippen molar-refractivity contribution in [3.05, 3.63) is 60.2 Å². The first kappa shape index (κ1) is 20.0. The number of amides is 1. The molecular weight excluding hydrogens is 357 g/mol. The van der Waals surface area contributed by atoms with Crippen LogP contribution in [0.2, 0.25) is 0 Å². The molecule has 1 atom stereocenters. The summed E-state index contributed by atoms with van der Waals surface area (Å²) < 4.78 is 41.0. The number of hydrogen-bond donors (Lipinski definition) is 2. The summed E-state index contributed by atoms with van der Waals surface area (Å²) in [5.41, 5.74) is 0.820. The van der Waals surface area contributed by atoms with Crippen LogP contribution >= 0.6 is 0 Å². The molecule has 26 heavy (non-hydrogen) atoms. The predicted octanol–water partition coefficient (Wildman–Crippen LogP) is 1.88. The molecule has 6 nitrogen and oxygen atoms in total. The van der Waals surface area contributed by atoms with Crippen LogP contribution in [0.15, 0.2) is 53.6 Å². The molecule has 0 aliphatic carbocycles. The van der Waals surface area contributed by atoms with Gasteiger partial charge in [0, 0.05) is 24.9 Å². The van der Waals surface area contributed by atoms with Crippen LogP contribution in [-0.2, 0) is 21.2 Å². The summed E-state index contributed by atoms with van der Waals surface area (Å²) in [7, 11) is -4.16. The van der Waals surface area contributed by atoms with Gasteiger partial charge in [-0.05, 0) is 30.2 Å². The van der Waals surface area contributed by atoms with Crippen molar-refractivity contribution >= 4 is 15.9 Å². The van der Waals surface area contributed by atoms with E-state index in [1.807, 2.05) is 12.1 Å². The lowest BCUT2D eigenvalue weighted by atomic mass is 10.1. The Labute approximate surface area is 152 Å². The molecular formula is C18H22FN3O3S. The largest absolute Gasteiger partial charge is 0.354 e. The number of nitrogens with zero attached hydrogens (tertiary/aromatic N) is 1. The Morgan fingerprint density at radius 1 is 1.15 bits per heavy atom. The number of hydrogen-bond acceptors (Lipinski definition) is 4. The molecule has 2 aromatic rings. The molecule has 1 aromatic heterocycles. The third kappa shape index (κ3) is 5.34. The Kier molecular flexibility index (Phi) is 6.82. The standard InChI is InChI=1S/C18H22FN3O3S/c1-13(2)17(18(23)21-12-10-14-7-5-6-11-20-14)22-26(24,25)16-9-4-3-8-15(16)19/h3-9,11,13,17,22H,10,12H2,1-2H3,(H,21,23). The zero-order valence-corrected chi connectivity index (χ0v) is 15.5. The highest BCUT2D eigenvalue weighted by Gasteiger charge is 2.29. The van der Waals surface area contributed by atoms with E-state index in [0.29, 0.717) is 13.0 Å². The van der Waals surface area contributed by atoms with E-state index >= 15 is 0 Å². The van der Waals surface area contributed by atoms with Crippen molar-refractivity contribution < 1.29 is 17.6 Å². The summed E-state index contributed by atoms with van der Waals surface area (Å²) in [6, 6.07) is 9.53. The number of sulfonamides is 1. The van der Waals surface area contributed by atoms with Crippen LogP contribution in [0.25, 0.3) is 0 Å². The zero-order valence-electron chi connectivity index (χ0n) is 14.6. The van der Waals surface area contributed by atoms with Crippen molar-refractivity contribution in [2.45, 2.75) is 31.2 Å². The van der Waals surface area contributed by atoms with E-state index in [1.165, 1.54) is 12.1 Å². The molecule has 2 N–H and O–H groups in total. The quantitative estimate of drug-likeness (QED) is 0.733. The second-order valence-electron chi connectivity index (χ2n) is 6.14. The maximum Gasteiger partial charge on any atom is 0.244 e. The zero-order chi connectivity index (χ0) is 19.2. The number of carbonyl (C=O) groups is 1. The summed E-state index contributed by atoms with van der Waals surface area (Å²) in [6.45, 7) is 3.75. The Bertz CT molecular complexity index is 842. The van der Waals surface area contributed by atoms with E-state index in [4.69, 9.17) is 0 Å². The Morgan fingerprint density at radius 3 is 2.46 bits per heavy atom. The van der Waals surface area contributed by atoms with Crippen LogP contribution in [0.5, 0.6) is 0 Å². The number of rotatable bonds is 8. The van der Waals surface area contributed by atoms with Crippen LogP contribution in [0, 0.1) is 11.7 Å². The lowest BCUT2D eigenvalue weighted by Gasteiger charge is -2.21. The molecule has 0 saturated heterocycles. The van der Waals surface area contributed by atoms with Crippen molar-refractivity contribution in [2.75, 3.05) is 6.54 Å². The number of aromatic nitrogens is 1. The van der Waals surface area contributed by atoms with Crippen LogP contribution in [0.3, 0.4) is 0 Å². The maximum atomic E-state index is 13.8. The van der Waals surface area contributed by atoms with Gasteiger partial charge in [-0.1, -0.05) is 32.0 Å². The first-order valence-electron chi connectivity index (χ1n) is 8.26. The Hall–Kier alpha value is -2.32. The molecule has 140 valence electrons. The van der Waals surface area contributed by atoms with Gasteiger partial charge in [0.1, 0.15) is 16.8 Å². The van der Waals surface area contributed by atoms with Gasteiger partial charge < -0.3 is 5.32 Å². The lowest BCUT2D eigenvalue weighted by molar-refractivity contribution is -0.123. The number of nitrogens with one attached hydrogen (secondary N) is 2. The van der Waals surface area contributed by atoms with Gasteiger partial charge >= 0.3 is 0 Å². The van der Waals surface area contributed by atoms with E-state index in [2.05, 4.69) is 15.0 Å². The molecule has 1 unspecified atom stereocenters. The molecule has 2 rings (SSSR count). The van der Waals surface area contributed by atoms with Crippen LogP contribution in [0.4, 0.5) is 4.39 Å². The predicted molar refractivity (Wildman–Crippen MR) is 96.3 cm³/mol. The van der Waals surface area contributed by atoms with Gasteiger partial charge in [-0.25, -0.2) is 12.8 Å². The van der Waals surface area contributed by atoms with Crippen LogP contribution < -0.4 is 10.0 Å². The highest BCUT2D eigenvalue weighted by molar-refractivity contribution is 7.89. The number of pyridine rings is 1. The van der Waals surface area contributed by atoms with E-state index in [-0.39, 0.29) is 5.92 Å². The average Bonchev–Trinajstić information content (AvgIpc) is 2.60. The van der Waals surface area contributed by atoms with Gasteiger partial charge in [0.05, 0.1) is 0 Å². The van der Waals surface area contributed by atoms with Gasteiger partial charge in [0.15, 0.2) is 0 Å². The Balaban J connectivity index is 2.03. The molecule has 0 aliphatic heterocycles. The van der Waals surface area contributed by atoms with Gasteiger partial charge in [-0.15, -0.1) is 0 Å². The highest BCUT2D eigenvalue weighted by atomic mass is 32.2. The molecule has 0 spiro atoms. The fourth-order valence-corrected chi connectivity index (χ4v) is 3.78. The first-order valence-corrected chi connectivity index (χ1v) is 9.74. The third-order valence-corrected chi connectivity index (χ3v) is 5.24. The highest BCUT2D eigenvalue weighted by Crippen LogP contribution is 2.15. The van der Waals surface area contributed by atoms with Crippen LogP contribution in [-0.4, -0.2) is 31.9 Å². The maximum absolute atomic E-state index is 13.8. The normalized spacial score (nSPS) is 12.8. The summed E-state index contributed by atoms with van der Waals surface area (Å²) in [5, 5.41) is 2.70. The van der Waals surface area contributed by atoms with Crippen molar-refractivity contribution in [3.63, 3.8) is 0 Å². The number of halogens is 1. The van der Waals surface area contributed by atoms with Crippen molar-refractivity contribution in [3.8, 4) is 0 Å². The van der Waals surface area contributed by atoms with E-state index < -0.39 is 32.7 Å². The fourth-order valence-electron chi connectivity index (χ4n) is 2.36. The van der Waals surface area contributed by atoms with E-state index in [0.717, 1.165) is 17.8 Å².